The Morgan fingerprint density at radius 3 is 2.83 bits per heavy atom. The van der Waals surface area contributed by atoms with Crippen molar-refractivity contribution in [3.8, 4) is 5.75 Å². The summed E-state index contributed by atoms with van der Waals surface area (Å²) >= 11 is 0. The van der Waals surface area contributed by atoms with Gasteiger partial charge in [-0.3, -0.25) is 0 Å². The highest BCUT2D eigenvalue weighted by Crippen LogP contribution is 2.22. The molecule has 0 saturated carbocycles. The molecule has 0 atom stereocenters. The second kappa shape index (κ2) is 5.87. The van der Waals surface area contributed by atoms with Gasteiger partial charge in [-0.2, -0.15) is 0 Å². The number of unbranched alkanes of at least 4 members (excludes halogenated alkanes) is 2. The molecule has 0 aliphatic rings. The molecule has 0 aliphatic carbocycles. The fourth-order valence-corrected chi connectivity index (χ4v) is 2.21. The van der Waals surface area contributed by atoms with Crippen molar-refractivity contribution < 1.29 is 4.74 Å². The minimum Gasteiger partial charge on any atom is -0.497 e. The molecule has 0 spiro atoms. The topological polar surface area (TPSA) is 53.1 Å². The zero-order valence-corrected chi connectivity index (χ0v) is 11.1. The van der Waals surface area contributed by atoms with Crippen LogP contribution in [-0.4, -0.2) is 16.7 Å². The van der Waals surface area contributed by atoms with Gasteiger partial charge in [-0.15, -0.1) is 0 Å². The summed E-state index contributed by atoms with van der Waals surface area (Å²) in [6, 6.07) is 6.00. The summed E-state index contributed by atoms with van der Waals surface area (Å²) in [5.41, 5.74) is 7.88. The SMILES string of the molecule is CCCCCn1c(CN)nc2cc(OC)ccc21. The first-order valence-corrected chi connectivity index (χ1v) is 6.53. The molecular weight excluding hydrogens is 226 g/mol. The number of nitrogens with two attached hydrogens (primary N) is 1. The van der Waals surface area contributed by atoms with E-state index in [1.54, 1.807) is 7.11 Å². The largest absolute Gasteiger partial charge is 0.497 e. The summed E-state index contributed by atoms with van der Waals surface area (Å²) in [6.45, 7) is 3.67. The third kappa shape index (κ3) is 2.48. The standard InChI is InChI=1S/C14H21N3O/c1-3-4-5-8-17-13-7-6-11(18-2)9-12(13)16-14(17)10-15/h6-7,9H,3-5,8,10,15H2,1-2H3. The van der Waals surface area contributed by atoms with Crippen LogP contribution in [0.25, 0.3) is 11.0 Å². The Kier molecular flexibility index (Phi) is 4.20. The number of rotatable bonds is 6. The van der Waals surface area contributed by atoms with Crippen molar-refractivity contribution in [2.24, 2.45) is 5.73 Å². The average Bonchev–Trinajstić information content (AvgIpc) is 2.76. The van der Waals surface area contributed by atoms with Crippen molar-refractivity contribution in [1.29, 1.82) is 0 Å². The van der Waals surface area contributed by atoms with E-state index in [1.807, 2.05) is 12.1 Å². The number of hydrogen-bond acceptors (Lipinski definition) is 3. The van der Waals surface area contributed by atoms with E-state index in [0.29, 0.717) is 6.54 Å². The molecule has 4 nitrogen and oxygen atoms in total. The van der Waals surface area contributed by atoms with Crippen molar-refractivity contribution >= 4 is 11.0 Å². The molecule has 0 amide bonds. The lowest BCUT2D eigenvalue weighted by molar-refractivity contribution is 0.415. The zero-order valence-electron chi connectivity index (χ0n) is 11.1. The highest BCUT2D eigenvalue weighted by Gasteiger charge is 2.09. The maximum atomic E-state index is 5.77. The van der Waals surface area contributed by atoms with E-state index in [-0.39, 0.29) is 0 Å². The minimum absolute atomic E-state index is 0.475. The molecule has 1 aromatic carbocycles. The molecule has 18 heavy (non-hydrogen) atoms. The number of fused-ring (bicyclic) bond motifs is 1. The summed E-state index contributed by atoms with van der Waals surface area (Å²) in [5.74, 6) is 1.79. The Balaban J connectivity index is 2.36. The van der Waals surface area contributed by atoms with Crippen molar-refractivity contribution in [3.63, 3.8) is 0 Å². The molecule has 0 saturated heterocycles. The van der Waals surface area contributed by atoms with Gasteiger partial charge in [-0.05, 0) is 18.6 Å². The molecule has 4 heteroatoms. The van der Waals surface area contributed by atoms with Crippen molar-refractivity contribution in [3.05, 3.63) is 24.0 Å². The van der Waals surface area contributed by atoms with Crippen molar-refractivity contribution in [1.82, 2.24) is 9.55 Å². The first kappa shape index (κ1) is 12.9. The molecular formula is C14H21N3O. The second-order valence-electron chi connectivity index (χ2n) is 4.45. The molecule has 2 rings (SSSR count). The van der Waals surface area contributed by atoms with Gasteiger partial charge in [-0.1, -0.05) is 19.8 Å². The van der Waals surface area contributed by atoms with Crippen LogP contribution < -0.4 is 10.5 Å². The Morgan fingerprint density at radius 2 is 2.17 bits per heavy atom. The van der Waals surface area contributed by atoms with Gasteiger partial charge in [0.25, 0.3) is 0 Å². The Morgan fingerprint density at radius 1 is 1.33 bits per heavy atom. The van der Waals surface area contributed by atoms with Gasteiger partial charge in [0.1, 0.15) is 11.6 Å². The number of imidazole rings is 1. The number of aryl methyl sites for hydroxylation is 1. The summed E-state index contributed by atoms with van der Waals surface area (Å²) in [4.78, 5) is 4.58. The van der Waals surface area contributed by atoms with E-state index in [0.717, 1.165) is 29.2 Å². The van der Waals surface area contributed by atoms with E-state index in [9.17, 15) is 0 Å². The number of benzene rings is 1. The van der Waals surface area contributed by atoms with E-state index in [4.69, 9.17) is 10.5 Å². The van der Waals surface area contributed by atoms with Gasteiger partial charge in [0, 0.05) is 12.6 Å². The molecule has 0 radical (unpaired) electrons. The smallest absolute Gasteiger partial charge is 0.123 e. The number of nitrogens with zero attached hydrogens (tertiary/aromatic N) is 2. The first-order chi connectivity index (χ1) is 8.80. The molecule has 2 N–H and O–H groups in total. The predicted molar refractivity (Wildman–Crippen MR) is 73.7 cm³/mol. The minimum atomic E-state index is 0.475. The summed E-state index contributed by atoms with van der Waals surface area (Å²) in [7, 11) is 1.67. The molecule has 1 aromatic heterocycles. The lowest BCUT2D eigenvalue weighted by atomic mass is 10.2. The van der Waals surface area contributed by atoms with Gasteiger partial charge < -0.3 is 15.0 Å². The lowest BCUT2D eigenvalue weighted by Gasteiger charge is -2.07. The van der Waals surface area contributed by atoms with Gasteiger partial charge in [-0.25, -0.2) is 4.98 Å². The van der Waals surface area contributed by atoms with Crippen LogP contribution in [0.4, 0.5) is 0 Å². The van der Waals surface area contributed by atoms with Gasteiger partial charge in [0.2, 0.25) is 0 Å². The van der Waals surface area contributed by atoms with E-state index >= 15 is 0 Å². The summed E-state index contributed by atoms with van der Waals surface area (Å²) in [5, 5.41) is 0. The highest BCUT2D eigenvalue weighted by molar-refractivity contribution is 5.77. The predicted octanol–water partition coefficient (Wildman–Crippen LogP) is 2.69. The van der Waals surface area contributed by atoms with E-state index < -0.39 is 0 Å². The number of methoxy groups -OCH3 is 1. The molecule has 2 aromatic rings. The van der Waals surface area contributed by atoms with Crippen LogP contribution in [0.1, 0.15) is 32.0 Å². The van der Waals surface area contributed by atoms with Gasteiger partial charge in [0.05, 0.1) is 24.7 Å². The number of ether oxygens (including phenoxy) is 1. The van der Waals surface area contributed by atoms with Crippen LogP contribution in [0.5, 0.6) is 5.75 Å². The monoisotopic (exact) mass is 247 g/mol. The first-order valence-electron chi connectivity index (χ1n) is 6.53. The Bertz CT molecular complexity index is 519. The third-order valence-corrected chi connectivity index (χ3v) is 3.20. The van der Waals surface area contributed by atoms with Crippen LogP contribution >= 0.6 is 0 Å². The van der Waals surface area contributed by atoms with Crippen LogP contribution in [0.3, 0.4) is 0 Å². The normalized spacial score (nSPS) is 11.1. The summed E-state index contributed by atoms with van der Waals surface area (Å²) < 4.78 is 7.45. The number of hydrogen-bond donors (Lipinski definition) is 1. The van der Waals surface area contributed by atoms with Crippen molar-refractivity contribution in [2.45, 2.75) is 39.3 Å². The molecule has 0 aliphatic heterocycles. The Hall–Kier alpha value is -1.55. The third-order valence-electron chi connectivity index (χ3n) is 3.20. The average molecular weight is 247 g/mol. The number of aromatic nitrogens is 2. The molecule has 0 bridgehead atoms. The highest BCUT2D eigenvalue weighted by atomic mass is 16.5. The molecule has 0 unspecified atom stereocenters. The van der Waals surface area contributed by atoms with E-state index in [2.05, 4.69) is 22.5 Å². The maximum absolute atomic E-state index is 5.77. The molecule has 98 valence electrons. The fourth-order valence-electron chi connectivity index (χ4n) is 2.21. The van der Waals surface area contributed by atoms with Crippen LogP contribution in [0, 0.1) is 0 Å². The fraction of sp³-hybridized carbons (Fsp3) is 0.500. The van der Waals surface area contributed by atoms with Crippen LogP contribution in [-0.2, 0) is 13.1 Å². The van der Waals surface area contributed by atoms with Crippen LogP contribution in [0.15, 0.2) is 18.2 Å². The quantitative estimate of drug-likeness (QED) is 0.798. The van der Waals surface area contributed by atoms with Crippen molar-refractivity contribution in [2.75, 3.05) is 7.11 Å². The lowest BCUT2D eigenvalue weighted by Crippen LogP contribution is -2.08. The Labute approximate surface area is 108 Å². The van der Waals surface area contributed by atoms with E-state index in [1.165, 1.54) is 19.3 Å². The van der Waals surface area contributed by atoms with Gasteiger partial charge in [0.15, 0.2) is 0 Å². The zero-order chi connectivity index (χ0) is 13.0. The molecule has 1 heterocycles. The molecule has 0 fully saturated rings. The second-order valence-corrected chi connectivity index (χ2v) is 4.45. The maximum Gasteiger partial charge on any atom is 0.123 e. The van der Waals surface area contributed by atoms with Gasteiger partial charge >= 0.3 is 0 Å². The van der Waals surface area contributed by atoms with Crippen LogP contribution in [0.2, 0.25) is 0 Å². The summed E-state index contributed by atoms with van der Waals surface area (Å²) in [6.07, 6.45) is 3.62.